The molecule has 290 valence electrons. The molecular weight excluding hydrogens is 821 g/mol. The summed E-state index contributed by atoms with van der Waals surface area (Å²) in [5.41, 5.74) is -3.29. The Bertz CT molecular complexity index is 3010. The van der Waals surface area contributed by atoms with Crippen molar-refractivity contribution in [3.63, 3.8) is 0 Å². The maximum atomic E-state index is 14.4. The lowest BCUT2D eigenvalue weighted by molar-refractivity contribution is 0.0957. The zero-order chi connectivity index (χ0) is 42.7. The van der Waals surface area contributed by atoms with E-state index in [1.165, 1.54) is 0 Å². The maximum Gasteiger partial charge on any atom is 0.271 e. The Morgan fingerprint density at radius 1 is 0.633 bits per heavy atom. The van der Waals surface area contributed by atoms with Gasteiger partial charge in [-0.15, -0.1) is 0 Å². The largest absolute Gasteiger partial charge is 0.481 e. The standard InChI is InChI=1S/C42H18F4N8O4S2/c1-41(2)37-35(59-39(53-37)51-31-29(25(13-47)49-5)15-7-21(43)23(45)9-17(15)33(31)55)19-12-28-20(11-27(19)57-41)36-38(42(3,4)58-28)54-40(60-36)52-32-30(26(14-48)50-6)16-8-22(44)24(46)10-18(16)34(32)56/h7-12H,1-4H3/b29-25+,30-26?,51-31?,52-32?. The van der Waals surface area contributed by atoms with E-state index in [4.69, 9.17) is 22.6 Å². The van der Waals surface area contributed by atoms with Gasteiger partial charge in [0.25, 0.3) is 11.4 Å². The number of allylic oxidation sites excluding steroid dienone is 4. The third kappa shape index (κ3) is 5.43. The first kappa shape index (κ1) is 37.9. The zero-order valence-electron chi connectivity index (χ0n) is 31.0. The smallest absolute Gasteiger partial charge is 0.271 e. The quantitative estimate of drug-likeness (QED) is 0.0965. The van der Waals surface area contributed by atoms with Gasteiger partial charge in [0.2, 0.25) is 21.8 Å². The van der Waals surface area contributed by atoms with Crippen LogP contribution < -0.4 is 9.47 Å². The number of ether oxygens (including phenoxy) is 2. The van der Waals surface area contributed by atoms with Gasteiger partial charge in [0, 0.05) is 33.4 Å². The van der Waals surface area contributed by atoms with E-state index in [0.717, 1.165) is 34.8 Å². The van der Waals surface area contributed by atoms with E-state index in [9.17, 15) is 37.7 Å². The zero-order valence-corrected chi connectivity index (χ0v) is 32.6. The first-order valence-corrected chi connectivity index (χ1v) is 19.0. The normalized spacial score (nSPS) is 19.0. The van der Waals surface area contributed by atoms with Crippen molar-refractivity contribution in [2.45, 2.75) is 38.9 Å². The van der Waals surface area contributed by atoms with E-state index in [1.807, 2.05) is 0 Å². The number of Topliss-reactive ketones (excluding diaryl/α,β-unsaturated/α-hetero) is 2. The molecule has 12 nitrogen and oxygen atoms in total. The number of halogens is 4. The third-order valence-corrected chi connectivity index (χ3v) is 12.0. The Hall–Kier alpha value is -7.64. The van der Waals surface area contributed by atoms with Gasteiger partial charge >= 0.3 is 0 Å². The fourth-order valence-electron chi connectivity index (χ4n) is 7.40. The fraction of sp³-hybridized carbons (Fsp3) is 0.143. The Kier molecular flexibility index (Phi) is 8.17. The topological polar surface area (TPSA) is 159 Å². The highest BCUT2D eigenvalue weighted by Crippen LogP contribution is 2.57. The summed E-state index contributed by atoms with van der Waals surface area (Å²) < 4.78 is 70.2. The molecule has 0 saturated heterocycles. The molecule has 5 aromatic rings. The first-order chi connectivity index (χ1) is 28.5. The van der Waals surface area contributed by atoms with Gasteiger partial charge < -0.3 is 9.47 Å². The summed E-state index contributed by atoms with van der Waals surface area (Å²) >= 11 is 2.14. The summed E-state index contributed by atoms with van der Waals surface area (Å²) in [5.74, 6) is -5.95. The highest BCUT2D eigenvalue weighted by Gasteiger charge is 2.43. The van der Waals surface area contributed by atoms with Gasteiger partial charge in [0.05, 0.1) is 35.0 Å². The number of fused-ring (bicyclic) bond motifs is 8. The molecule has 18 heteroatoms. The molecule has 0 atom stereocenters. The predicted molar refractivity (Wildman–Crippen MR) is 210 cm³/mol. The van der Waals surface area contributed by atoms with Gasteiger partial charge in [-0.2, -0.15) is 0 Å². The number of nitrogens with zero attached hydrogens (tertiary/aromatic N) is 8. The predicted octanol–water partition coefficient (Wildman–Crippen LogP) is 9.99. The summed E-state index contributed by atoms with van der Waals surface area (Å²) in [6.07, 6.45) is 0. The molecule has 2 aliphatic carbocycles. The van der Waals surface area contributed by atoms with Crippen molar-refractivity contribution in [2.75, 3.05) is 0 Å². The Morgan fingerprint density at radius 3 is 1.32 bits per heavy atom. The van der Waals surface area contributed by atoms with Crippen LogP contribution in [0.5, 0.6) is 11.5 Å². The lowest BCUT2D eigenvalue weighted by Gasteiger charge is -2.35. The molecule has 9 rings (SSSR count). The van der Waals surface area contributed by atoms with Gasteiger partial charge in [-0.25, -0.2) is 57.7 Å². The average molecular weight is 839 g/mol. The lowest BCUT2D eigenvalue weighted by Crippen LogP contribution is -2.31. The Morgan fingerprint density at radius 2 is 0.983 bits per heavy atom. The molecule has 0 bridgehead atoms. The van der Waals surface area contributed by atoms with Crippen LogP contribution in [0.4, 0.5) is 27.8 Å². The Balaban J connectivity index is 1.16. The van der Waals surface area contributed by atoms with Gasteiger partial charge in [-0.3, -0.25) is 9.59 Å². The molecule has 0 N–H and O–H groups in total. The van der Waals surface area contributed by atoms with Crippen LogP contribution in [-0.4, -0.2) is 33.0 Å². The van der Waals surface area contributed by atoms with E-state index >= 15 is 0 Å². The van der Waals surface area contributed by atoms with Crippen molar-refractivity contribution in [1.29, 1.82) is 10.5 Å². The van der Waals surface area contributed by atoms with Crippen molar-refractivity contribution >= 4 is 67.1 Å². The number of ketones is 2. The van der Waals surface area contributed by atoms with E-state index in [1.54, 1.807) is 52.0 Å². The molecule has 2 aliphatic heterocycles. The molecule has 0 radical (unpaired) electrons. The van der Waals surface area contributed by atoms with Crippen LogP contribution in [0.25, 0.3) is 41.7 Å². The molecule has 0 fully saturated rings. The number of benzene rings is 3. The minimum absolute atomic E-state index is 0.0362. The van der Waals surface area contributed by atoms with Gasteiger partial charge in [0.15, 0.2) is 23.3 Å². The van der Waals surface area contributed by atoms with Gasteiger partial charge in [-0.05, 0) is 75.2 Å². The number of hydrogen-bond donors (Lipinski definition) is 0. The number of carbonyl (C=O) groups excluding carboxylic acids is 2. The highest BCUT2D eigenvalue weighted by atomic mass is 32.1. The summed E-state index contributed by atoms with van der Waals surface area (Å²) in [6, 6.07) is 9.82. The summed E-state index contributed by atoms with van der Waals surface area (Å²) in [4.78, 5) is 53.0. The molecule has 3 aromatic carbocycles. The fourth-order valence-corrected chi connectivity index (χ4v) is 9.63. The molecule has 4 heterocycles. The van der Waals surface area contributed by atoms with Crippen LogP contribution in [0.15, 0.2) is 57.8 Å². The van der Waals surface area contributed by atoms with Crippen molar-refractivity contribution in [3.05, 3.63) is 128 Å². The number of aliphatic imine (C=N–C) groups is 2. The van der Waals surface area contributed by atoms with E-state index in [2.05, 4.69) is 29.6 Å². The molecule has 4 aliphatic rings. The van der Waals surface area contributed by atoms with Gasteiger partial charge in [-0.1, -0.05) is 22.7 Å². The molecular formula is C42H18F4N8O4S2. The molecule has 2 aromatic heterocycles. The van der Waals surface area contributed by atoms with Crippen molar-refractivity contribution in [2.24, 2.45) is 9.98 Å². The van der Waals surface area contributed by atoms with Crippen LogP contribution in [0.1, 0.15) is 70.9 Å². The maximum absolute atomic E-state index is 14.4. The SMILES string of the molecule is [C-]#[N+]C(C#N)=C1C(=Nc2nc3c(s2)-c2cc4c(cc2OC3(C)C)-c2sc(N=C3C(=O)c5cc(F)c(F)cc5/C3=C(/C#N)[N+]#[C-])nc2C(C)(C)O4)C(=O)c2cc(F)c(F)cc21. The molecule has 0 spiro atoms. The van der Waals surface area contributed by atoms with Crippen LogP contribution >= 0.6 is 22.7 Å². The van der Waals surface area contributed by atoms with Crippen LogP contribution in [0.3, 0.4) is 0 Å². The van der Waals surface area contributed by atoms with Crippen molar-refractivity contribution in [1.82, 2.24) is 9.97 Å². The molecule has 0 saturated carbocycles. The van der Waals surface area contributed by atoms with Crippen molar-refractivity contribution < 1.29 is 36.6 Å². The number of thiazole rings is 2. The molecule has 0 amide bonds. The average Bonchev–Trinajstić information content (AvgIpc) is 3.95. The van der Waals surface area contributed by atoms with Crippen LogP contribution in [-0.2, 0) is 11.2 Å². The summed E-state index contributed by atoms with van der Waals surface area (Å²) in [6.45, 7) is 22.1. The summed E-state index contributed by atoms with van der Waals surface area (Å²) in [7, 11) is 0. The molecule has 0 unspecified atom stereocenters. The van der Waals surface area contributed by atoms with Crippen LogP contribution in [0, 0.1) is 59.1 Å². The second-order valence-electron chi connectivity index (χ2n) is 14.5. The second kappa shape index (κ2) is 12.9. The third-order valence-electron chi connectivity index (χ3n) is 10.1. The monoisotopic (exact) mass is 838 g/mol. The second-order valence-corrected chi connectivity index (χ2v) is 16.5. The number of carbonyl (C=O) groups is 2. The van der Waals surface area contributed by atoms with Crippen LogP contribution in [0.2, 0.25) is 0 Å². The van der Waals surface area contributed by atoms with E-state index in [-0.39, 0.29) is 55.1 Å². The number of hydrogen-bond acceptors (Lipinski definition) is 12. The van der Waals surface area contributed by atoms with Crippen molar-refractivity contribution in [3.8, 4) is 44.5 Å². The highest BCUT2D eigenvalue weighted by molar-refractivity contribution is 7.19. The minimum Gasteiger partial charge on any atom is -0.481 e. The number of aromatic nitrogens is 2. The lowest BCUT2D eigenvalue weighted by atomic mass is 9.92. The van der Waals surface area contributed by atoms with E-state index < -0.39 is 57.4 Å². The first-order valence-electron chi connectivity index (χ1n) is 17.4. The minimum atomic E-state index is -1.28. The molecule has 60 heavy (non-hydrogen) atoms. The van der Waals surface area contributed by atoms with Gasteiger partial charge in [0.1, 0.15) is 45.5 Å². The summed E-state index contributed by atoms with van der Waals surface area (Å²) in [5, 5.41) is 19.5. The number of rotatable bonds is 2. The Labute approximate surface area is 344 Å². The van der Waals surface area contributed by atoms with E-state index in [0.29, 0.717) is 55.9 Å². The number of nitriles is 2.